The second-order valence-corrected chi connectivity index (χ2v) is 4.77. The summed E-state index contributed by atoms with van der Waals surface area (Å²) in [4.78, 5) is 0. The van der Waals surface area contributed by atoms with E-state index >= 15 is 0 Å². The van der Waals surface area contributed by atoms with Gasteiger partial charge in [0.25, 0.3) is 0 Å². The first-order valence-corrected chi connectivity index (χ1v) is 6.09. The molecule has 1 atom stereocenters. The van der Waals surface area contributed by atoms with Gasteiger partial charge in [0.2, 0.25) is 5.88 Å². The molecule has 0 fully saturated rings. The van der Waals surface area contributed by atoms with Crippen molar-refractivity contribution >= 4 is 11.8 Å². The Hall–Kier alpha value is -0.640. The Balaban J connectivity index is 2.51. The smallest absolute Gasteiger partial charge is 0.209 e. The molecule has 1 N–H and O–H groups in total. The number of hydrogen-bond donors (Lipinski definition) is 1. The number of thioether (sulfide) groups is 1. The lowest BCUT2D eigenvalue weighted by atomic mass is 10.4. The molecule has 1 aromatic rings. The maximum atomic E-state index is 9.44. The third kappa shape index (κ3) is 2.94. The van der Waals surface area contributed by atoms with E-state index < -0.39 is 0 Å². The van der Waals surface area contributed by atoms with Crippen molar-refractivity contribution in [1.82, 2.24) is 9.78 Å². The van der Waals surface area contributed by atoms with Gasteiger partial charge in [-0.2, -0.15) is 16.9 Å². The number of rotatable bonds is 5. The van der Waals surface area contributed by atoms with Gasteiger partial charge in [0, 0.05) is 23.6 Å². The van der Waals surface area contributed by atoms with E-state index in [2.05, 4.69) is 18.9 Å². The van der Waals surface area contributed by atoms with E-state index in [-0.39, 0.29) is 5.88 Å². The molecule has 0 saturated heterocycles. The summed E-state index contributed by atoms with van der Waals surface area (Å²) in [7, 11) is 0. The van der Waals surface area contributed by atoms with Crippen LogP contribution >= 0.6 is 11.8 Å². The van der Waals surface area contributed by atoms with Crippen LogP contribution < -0.4 is 0 Å². The summed E-state index contributed by atoms with van der Waals surface area (Å²) >= 11 is 1.88. The molecule has 0 aliphatic carbocycles. The fourth-order valence-electron chi connectivity index (χ4n) is 1.11. The summed E-state index contributed by atoms with van der Waals surface area (Å²) in [6.07, 6.45) is 1.17. The van der Waals surface area contributed by atoms with Gasteiger partial charge in [-0.05, 0) is 13.3 Å². The van der Waals surface area contributed by atoms with E-state index in [1.54, 1.807) is 10.7 Å². The highest BCUT2D eigenvalue weighted by molar-refractivity contribution is 7.99. The van der Waals surface area contributed by atoms with Crippen LogP contribution in [0.15, 0.2) is 6.07 Å². The lowest BCUT2D eigenvalue weighted by Gasteiger charge is -2.05. The van der Waals surface area contributed by atoms with Crippen molar-refractivity contribution in [2.45, 2.75) is 44.7 Å². The first-order chi connectivity index (χ1) is 6.67. The normalized spacial score (nSPS) is 13.1. The van der Waals surface area contributed by atoms with E-state index in [9.17, 15) is 5.11 Å². The van der Waals surface area contributed by atoms with E-state index in [0.717, 1.165) is 18.0 Å². The second-order valence-electron chi connectivity index (χ2n) is 3.34. The minimum atomic E-state index is 0.271. The summed E-state index contributed by atoms with van der Waals surface area (Å²) in [5, 5.41) is 14.4. The SMILES string of the molecule is CCC(C)SCc1cc(O)n(CC)n1. The summed E-state index contributed by atoms with van der Waals surface area (Å²) in [6, 6.07) is 1.75. The average Bonchev–Trinajstić information content (AvgIpc) is 2.55. The molecule has 0 saturated carbocycles. The van der Waals surface area contributed by atoms with Crippen molar-refractivity contribution in [2.75, 3.05) is 0 Å². The van der Waals surface area contributed by atoms with Gasteiger partial charge >= 0.3 is 0 Å². The molecule has 1 heterocycles. The van der Waals surface area contributed by atoms with E-state index in [4.69, 9.17) is 0 Å². The van der Waals surface area contributed by atoms with Gasteiger partial charge in [0.1, 0.15) is 0 Å². The van der Waals surface area contributed by atoms with Crippen molar-refractivity contribution in [1.29, 1.82) is 0 Å². The number of nitrogens with zero attached hydrogens (tertiary/aromatic N) is 2. The van der Waals surface area contributed by atoms with Gasteiger partial charge in [0.05, 0.1) is 5.69 Å². The third-order valence-electron chi connectivity index (χ3n) is 2.20. The Morgan fingerprint density at radius 1 is 1.57 bits per heavy atom. The molecule has 0 aromatic carbocycles. The predicted molar refractivity (Wildman–Crippen MR) is 60.6 cm³/mol. The summed E-state index contributed by atoms with van der Waals surface area (Å²) in [5.74, 6) is 1.16. The number of aromatic hydroxyl groups is 1. The molecule has 1 unspecified atom stereocenters. The van der Waals surface area contributed by atoms with Crippen molar-refractivity contribution in [2.24, 2.45) is 0 Å². The molecule has 0 bridgehead atoms. The highest BCUT2D eigenvalue weighted by Crippen LogP contribution is 2.21. The van der Waals surface area contributed by atoms with Crippen molar-refractivity contribution < 1.29 is 5.11 Å². The molecule has 4 heteroatoms. The molecule has 0 amide bonds. The maximum Gasteiger partial charge on any atom is 0.209 e. The van der Waals surface area contributed by atoms with Crippen LogP contribution in [0.5, 0.6) is 5.88 Å². The molecule has 80 valence electrons. The molecule has 1 rings (SSSR count). The van der Waals surface area contributed by atoms with Gasteiger partial charge in [-0.25, -0.2) is 4.68 Å². The van der Waals surface area contributed by atoms with Gasteiger partial charge in [-0.15, -0.1) is 0 Å². The Morgan fingerprint density at radius 2 is 2.29 bits per heavy atom. The molecule has 0 aliphatic rings. The lowest BCUT2D eigenvalue weighted by molar-refractivity contribution is 0.405. The number of aryl methyl sites for hydroxylation is 1. The monoisotopic (exact) mass is 214 g/mol. The van der Waals surface area contributed by atoms with Crippen LogP contribution in [0.1, 0.15) is 32.9 Å². The van der Waals surface area contributed by atoms with Gasteiger partial charge in [-0.3, -0.25) is 0 Å². The molecule has 1 aromatic heterocycles. The van der Waals surface area contributed by atoms with Crippen molar-refractivity contribution in [3.63, 3.8) is 0 Å². The van der Waals surface area contributed by atoms with Gasteiger partial charge in [0.15, 0.2) is 0 Å². The molecular formula is C10H18N2OS. The standard InChI is InChI=1S/C10H18N2OS/c1-4-8(3)14-7-9-6-10(13)12(5-2)11-9/h6,8,13H,4-5,7H2,1-3H3. The summed E-state index contributed by atoms with van der Waals surface area (Å²) in [6.45, 7) is 7.08. The summed E-state index contributed by atoms with van der Waals surface area (Å²) < 4.78 is 1.62. The molecule has 0 aliphatic heterocycles. The average molecular weight is 214 g/mol. The highest BCUT2D eigenvalue weighted by Gasteiger charge is 2.06. The Bertz CT molecular complexity index is 286. The molecule has 14 heavy (non-hydrogen) atoms. The zero-order chi connectivity index (χ0) is 10.6. The number of aromatic nitrogens is 2. The minimum Gasteiger partial charge on any atom is -0.493 e. The van der Waals surface area contributed by atoms with E-state index in [0.29, 0.717) is 5.25 Å². The topological polar surface area (TPSA) is 38.0 Å². The molecule has 0 spiro atoms. The van der Waals surface area contributed by atoms with Gasteiger partial charge in [-0.1, -0.05) is 13.8 Å². The predicted octanol–water partition coefficient (Wildman–Crippen LogP) is 2.64. The maximum absolute atomic E-state index is 9.44. The fraction of sp³-hybridized carbons (Fsp3) is 0.700. The quantitative estimate of drug-likeness (QED) is 0.819. The van der Waals surface area contributed by atoms with Crippen LogP contribution in [-0.2, 0) is 12.3 Å². The van der Waals surface area contributed by atoms with Crippen LogP contribution in [0.4, 0.5) is 0 Å². The van der Waals surface area contributed by atoms with Crippen LogP contribution in [0.2, 0.25) is 0 Å². The second kappa shape index (κ2) is 5.29. The van der Waals surface area contributed by atoms with Crippen molar-refractivity contribution in [3.05, 3.63) is 11.8 Å². The van der Waals surface area contributed by atoms with Crippen LogP contribution in [0.3, 0.4) is 0 Å². The minimum absolute atomic E-state index is 0.271. The van der Waals surface area contributed by atoms with Crippen LogP contribution in [-0.4, -0.2) is 20.1 Å². The molecule has 3 nitrogen and oxygen atoms in total. The first kappa shape index (κ1) is 11.4. The first-order valence-electron chi connectivity index (χ1n) is 5.04. The van der Waals surface area contributed by atoms with Gasteiger partial charge < -0.3 is 5.11 Å². The summed E-state index contributed by atoms with van der Waals surface area (Å²) in [5.41, 5.74) is 0.967. The number of hydrogen-bond acceptors (Lipinski definition) is 3. The van der Waals surface area contributed by atoms with Crippen LogP contribution in [0, 0.1) is 0 Å². The molecular weight excluding hydrogens is 196 g/mol. The fourth-order valence-corrected chi connectivity index (χ4v) is 1.94. The van der Waals surface area contributed by atoms with Crippen molar-refractivity contribution in [3.8, 4) is 5.88 Å². The van der Waals surface area contributed by atoms with Crippen LogP contribution in [0.25, 0.3) is 0 Å². The Morgan fingerprint density at radius 3 is 2.79 bits per heavy atom. The van der Waals surface area contributed by atoms with E-state index in [1.165, 1.54) is 6.42 Å². The largest absolute Gasteiger partial charge is 0.493 e. The zero-order valence-corrected chi connectivity index (χ0v) is 9.84. The molecule has 0 radical (unpaired) electrons. The Kier molecular flexibility index (Phi) is 4.32. The zero-order valence-electron chi connectivity index (χ0n) is 9.03. The Labute approximate surface area is 89.5 Å². The third-order valence-corrected chi connectivity index (χ3v) is 3.56. The lowest BCUT2D eigenvalue weighted by Crippen LogP contribution is -1.98. The highest BCUT2D eigenvalue weighted by atomic mass is 32.2. The van der Waals surface area contributed by atoms with E-state index in [1.807, 2.05) is 18.7 Å².